The highest BCUT2D eigenvalue weighted by atomic mass is 35.5. The molecule has 1 aliphatic heterocycles. The Balaban J connectivity index is 1.23. The van der Waals surface area contributed by atoms with Crippen molar-refractivity contribution >= 4 is 28.4 Å². The van der Waals surface area contributed by atoms with E-state index in [1.807, 2.05) is 18.3 Å². The molecular formula is C21H23ClN4O2. The van der Waals surface area contributed by atoms with Gasteiger partial charge in [0.15, 0.2) is 5.69 Å². The van der Waals surface area contributed by atoms with Crippen LogP contribution >= 0.6 is 11.6 Å². The fourth-order valence-electron chi connectivity index (χ4n) is 4.11. The molecule has 3 aromatic rings. The van der Waals surface area contributed by atoms with Gasteiger partial charge in [0.2, 0.25) is 0 Å². The minimum absolute atomic E-state index is 0.105. The maximum atomic E-state index is 12.6. The molecule has 2 N–H and O–H groups in total. The molecule has 6 nitrogen and oxygen atoms in total. The zero-order valence-electron chi connectivity index (χ0n) is 15.7. The first-order chi connectivity index (χ1) is 13.6. The van der Waals surface area contributed by atoms with Crippen LogP contribution in [-0.2, 0) is 6.54 Å². The van der Waals surface area contributed by atoms with Gasteiger partial charge in [-0.05, 0) is 36.5 Å². The molecule has 2 atom stereocenters. The number of likely N-dealkylation sites (tertiary alicyclic amines) is 1. The minimum Gasteiger partial charge on any atom is -0.361 e. The molecule has 2 aliphatic rings. The number of aromatic nitrogens is 2. The molecule has 0 spiro atoms. The van der Waals surface area contributed by atoms with Gasteiger partial charge in [-0.2, -0.15) is 0 Å². The molecule has 1 saturated heterocycles. The van der Waals surface area contributed by atoms with Crippen molar-refractivity contribution in [3.63, 3.8) is 0 Å². The second-order valence-corrected chi connectivity index (χ2v) is 8.58. The van der Waals surface area contributed by atoms with E-state index in [-0.39, 0.29) is 11.9 Å². The largest absolute Gasteiger partial charge is 0.361 e. The van der Waals surface area contributed by atoms with Crippen LogP contribution in [0.15, 0.2) is 35.0 Å². The van der Waals surface area contributed by atoms with Crippen LogP contribution in [0.3, 0.4) is 0 Å². The van der Waals surface area contributed by atoms with E-state index in [2.05, 4.69) is 33.3 Å². The number of fused-ring (bicyclic) bond motifs is 1. The highest BCUT2D eigenvalue weighted by Crippen LogP contribution is 2.40. The van der Waals surface area contributed by atoms with Crippen LogP contribution in [0.2, 0.25) is 5.02 Å². The first-order valence-electron chi connectivity index (χ1n) is 9.82. The Kier molecular flexibility index (Phi) is 4.40. The molecule has 146 valence electrons. The predicted octanol–water partition coefficient (Wildman–Crippen LogP) is 3.94. The van der Waals surface area contributed by atoms with E-state index in [1.165, 1.54) is 10.9 Å². The fourth-order valence-corrected chi connectivity index (χ4v) is 4.29. The summed E-state index contributed by atoms with van der Waals surface area (Å²) in [4.78, 5) is 18.2. The molecule has 7 heteroatoms. The van der Waals surface area contributed by atoms with E-state index in [0.717, 1.165) is 48.8 Å². The van der Waals surface area contributed by atoms with Crippen molar-refractivity contribution in [2.75, 3.05) is 13.1 Å². The third-order valence-electron chi connectivity index (χ3n) is 5.87. The van der Waals surface area contributed by atoms with E-state index in [4.69, 9.17) is 16.1 Å². The normalized spacial score (nSPS) is 22.8. The van der Waals surface area contributed by atoms with E-state index in [9.17, 15) is 4.79 Å². The Bertz CT molecular complexity index is 1020. The molecule has 1 saturated carbocycles. The summed E-state index contributed by atoms with van der Waals surface area (Å²) in [6.07, 6.45) is 4.31. The van der Waals surface area contributed by atoms with E-state index < -0.39 is 0 Å². The van der Waals surface area contributed by atoms with Gasteiger partial charge in [-0.25, -0.2) is 0 Å². The number of benzene rings is 1. The quantitative estimate of drug-likeness (QED) is 0.682. The van der Waals surface area contributed by atoms with Crippen molar-refractivity contribution in [2.45, 2.75) is 38.3 Å². The molecule has 0 bridgehead atoms. The Hall–Kier alpha value is -2.31. The number of nitrogens with one attached hydrogen (secondary N) is 2. The zero-order chi connectivity index (χ0) is 19.3. The third kappa shape index (κ3) is 3.42. The van der Waals surface area contributed by atoms with Crippen molar-refractivity contribution < 1.29 is 9.32 Å². The summed E-state index contributed by atoms with van der Waals surface area (Å²) in [6.45, 7) is 4.78. The first kappa shape index (κ1) is 17.8. The molecular weight excluding hydrogens is 376 g/mol. The number of nitrogens with zero attached hydrogens (tertiary/aromatic N) is 2. The maximum Gasteiger partial charge on any atom is 0.273 e. The lowest BCUT2D eigenvalue weighted by molar-refractivity contribution is 0.0922. The molecule has 3 heterocycles. The van der Waals surface area contributed by atoms with Crippen molar-refractivity contribution in [2.24, 2.45) is 5.92 Å². The Morgan fingerprint density at radius 2 is 2.21 bits per heavy atom. The number of hydrogen-bond acceptors (Lipinski definition) is 4. The topological polar surface area (TPSA) is 74.2 Å². The molecule has 5 rings (SSSR count). The SMILES string of the molecule is C[C@@H]1CN(Cc2c[nH]c3cc(Cl)ccc23)C[C@@H]1NC(=O)c1cc(C2CC2)on1. The van der Waals surface area contributed by atoms with Gasteiger partial charge < -0.3 is 14.8 Å². The third-order valence-corrected chi connectivity index (χ3v) is 6.10. The molecule has 1 amide bonds. The highest BCUT2D eigenvalue weighted by Gasteiger charge is 2.33. The summed E-state index contributed by atoms with van der Waals surface area (Å²) in [6, 6.07) is 7.83. The van der Waals surface area contributed by atoms with Crippen LogP contribution in [0, 0.1) is 5.92 Å². The summed E-state index contributed by atoms with van der Waals surface area (Å²) >= 11 is 6.08. The van der Waals surface area contributed by atoms with Crippen molar-refractivity contribution in [1.29, 1.82) is 0 Å². The van der Waals surface area contributed by atoms with Gasteiger partial charge in [-0.15, -0.1) is 0 Å². The van der Waals surface area contributed by atoms with Gasteiger partial charge in [0.05, 0.1) is 0 Å². The number of amides is 1. The standard InChI is InChI=1S/C21H23ClN4O2/c1-12-9-26(10-14-8-23-17-6-15(22)4-5-16(14)17)11-19(12)24-21(27)18-7-20(28-25-18)13-2-3-13/h4-8,12-13,19,23H,2-3,9-11H2,1H3,(H,24,27)/t12-,19+/m1/s1. The maximum absolute atomic E-state index is 12.6. The molecule has 2 fully saturated rings. The van der Waals surface area contributed by atoms with Crippen LogP contribution in [0.1, 0.15) is 47.5 Å². The Morgan fingerprint density at radius 3 is 3.04 bits per heavy atom. The van der Waals surface area contributed by atoms with Crippen molar-refractivity contribution in [1.82, 2.24) is 20.4 Å². The molecule has 1 aliphatic carbocycles. The monoisotopic (exact) mass is 398 g/mol. The number of rotatable bonds is 5. The van der Waals surface area contributed by atoms with Crippen LogP contribution in [0.5, 0.6) is 0 Å². The minimum atomic E-state index is -0.143. The summed E-state index contributed by atoms with van der Waals surface area (Å²) in [5, 5.41) is 9.02. The van der Waals surface area contributed by atoms with Gasteiger partial charge in [0.1, 0.15) is 5.76 Å². The van der Waals surface area contributed by atoms with E-state index in [0.29, 0.717) is 17.5 Å². The number of hydrogen-bond donors (Lipinski definition) is 2. The lowest BCUT2D eigenvalue weighted by Crippen LogP contribution is -2.39. The Labute approximate surface area is 168 Å². The molecule has 0 unspecified atom stereocenters. The number of aromatic amines is 1. The summed E-state index contributed by atoms with van der Waals surface area (Å²) in [7, 11) is 0. The van der Waals surface area contributed by atoms with Crippen molar-refractivity contribution in [3.05, 3.63) is 52.5 Å². The van der Waals surface area contributed by atoms with Gasteiger partial charge in [0, 0.05) is 59.8 Å². The average Bonchev–Trinajstić information content (AvgIpc) is 3.11. The fraction of sp³-hybridized carbons (Fsp3) is 0.429. The molecule has 2 aromatic heterocycles. The van der Waals surface area contributed by atoms with E-state index in [1.54, 1.807) is 6.07 Å². The van der Waals surface area contributed by atoms with Crippen LogP contribution in [0.4, 0.5) is 0 Å². The molecule has 1 aromatic carbocycles. The van der Waals surface area contributed by atoms with Gasteiger partial charge in [-0.3, -0.25) is 9.69 Å². The van der Waals surface area contributed by atoms with Gasteiger partial charge in [0.25, 0.3) is 5.91 Å². The zero-order valence-corrected chi connectivity index (χ0v) is 16.5. The highest BCUT2D eigenvalue weighted by molar-refractivity contribution is 6.31. The number of carbonyl (C=O) groups excluding carboxylic acids is 1. The average molecular weight is 399 g/mol. The predicted molar refractivity (Wildman–Crippen MR) is 107 cm³/mol. The number of H-pyrrole nitrogens is 1. The Morgan fingerprint density at radius 1 is 1.36 bits per heavy atom. The summed E-state index contributed by atoms with van der Waals surface area (Å²) in [5.74, 6) is 1.53. The van der Waals surface area contributed by atoms with Crippen molar-refractivity contribution in [3.8, 4) is 0 Å². The number of halogens is 1. The lowest BCUT2D eigenvalue weighted by Gasteiger charge is -2.16. The number of carbonyl (C=O) groups is 1. The molecule has 0 radical (unpaired) electrons. The van der Waals surface area contributed by atoms with Gasteiger partial charge in [-0.1, -0.05) is 29.7 Å². The second-order valence-electron chi connectivity index (χ2n) is 8.14. The smallest absolute Gasteiger partial charge is 0.273 e. The summed E-state index contributed by atoms with van der Waals surface area (Å²) in [5.41, 5.74) is 2.69. The van der Waals surface area contributed by atoms with Crippen LogP contribution in [0.25, 0.3) is 10.9 Å². The van der Waals surface area contributed by atoms with Crippen LogP contribution < -0.4 is 5.32 Å². The van der Waals surface area contributed by atoms with E-state index >= 15 is 0 Å². The van der Waals surface area contributed by atoms with Crippen LogP contribution in [-0.4, -0.2) is 40.1 Å². The lowest BCUT2D eigenvalue weighted by atomic mass is 10.1. The van der Waals surface area contributed by atoms with Gasteiger partial charge >= 0.3 is 0 Å². The summed E-state index contributed by atoms with van der Waals surface area (Å²) < 4.78 is 5.31. The molecule has 28 heavy (non-hydrogen) atoms. The first-order valence-corrected chi connectivity index (χ1v) is 10.2. The second kappa shape index (κ2) is 6.94.